The molecule has 6 heteroatoms. The number of nitrogens with one attached hydrogen (secondary N) is 1. The molecule has 1 fully saturated rings. The van der Waals surface area contributed by atoms with E-state index in [2.05, 4.69) is 22.1 Å². The van der Waals surface area contributed by atoms with Gasteiger partial charge in [0, 0.05) is 31.4 Å². The average Bonchev–Trinajstić information content (AvgIpc) is 2.47. The maximum atomic E-state index is 11.1. The van der Waals surface area contributed by atoms with Crippen molar-refractivity contribution in [2.75, 3.05) is 38.2 Å². The second kappa shape index (κ2) is 7.38. The minimum atomic E-state index is -0.920. The number of nitrogens with zero attached hydrogens (tertiary/aromatic N) is 2. The van der Waals surface area contributed by atoms with Crippen LogP contribution < -0.4 is 5.32 Å². The van der Waals surface area contributed by atoms with Crippen LogP contribution in [0.2, 0.25) is 0 Å². The molecule has 1 aromatic heterocycles. The van der Waals surface area contributed by atoms with Gasteiger partial charge in [-0.15, -0.1) is 0 Å². The molecule has 6 nitrogen and oxygen atoms in total. The van der Waals surface area contributed by atoms with Crippen molar-refractivity contribution in [2.24, 2.45) is 0 Å². The fourth-order valence-electron chi connectivity index (χ4n) is 2.44. The van der Waals surface area contributed by atoms with Crippen molar-refractivity contribution in [3.8, 4) is 0 Å². The normalized spacial score (nSPS) is 17.4. The second-order valence-electron chi connectivity index (χ2n) is 5.35. The number of morpholine rings is 1. The zero-order valence-electron chi connectivity index (χ0n) is 12.6. The van der Waals surface area contributed by atoms with E-state index in [1.54, 1.807) is 12.1 Å². The van der Waals surface area contributed by atoms with Gasteiger partial charge in [-0.25, -0.2) is 9.78 Å². The molecule has 2 N–H and O–H groups in total. The second-order valence-corrected chi connectivity index (χ2v) is 5.35. The van der Waals surface area contributed by atoms with E-state index in [-0.39, 0.29) is 11.6 Å². The van der Waals surface area contributed by atoms with E-state index in [0.717, 1.165) is 38.5 Å². The van der Waals surface area contributed by atoms with Crippen LogP contribution in [0.3, 0.4) is 0 Å². The molecule has 0 saturated carbocycles. The van der Waals surface area contributed by atoms with Crippen molar-refractivity contribution in [2.45, 2.75) is 26.3 Å². The maximum Gasteiger partial charge on any atom is 0.335 e. The van der Waals surface area contributed by atoms with Crippen molar-refractivity contribution in [1.82, 2.24) is 9.88 Å². The summed E-state index contributed by atoms with van der Waals surface area (Å²) in [6.07, 6.45) is 0.716. The molecule has 1 atom stereocenters. The van der Waals surface area contributed by atoms with Crippen molar-refractivity contribution in [1.29, 1.82) is 0 Å². The molecule has 1 aliphatic rings. The first-order chi connectivity index (χ1) is 10.1. The minimum Gasteiger partial charge on any atom is -0.478 e. The van der Waals surface area contributed by atoms with Crippen LogP contribution in [-0.2, 0) is 11.2 Å². The molecule has 2 heterocycles. The lowest BCUT2D eigenvalue weighted by molar-refractivity contribution is 0.0368. The molecule has 0 spiro atoms. The number of carboxylic acid groups (broad SMARTS) is 1. The van der Waals surface area contributed by atoms with Crippen molar-refractivity contribution < 1.29 is 14.6 Å². The number of aromatic carboxylic acids is 1. The Balaban J connectivity index is 2.00. The Bertz CT molecular complexity index is 487. The Labute approximate surface area is 125 Å². The Morgan fingerprint density at radius 1 is 1.48 bits per heavy atom. The summed E-state index contributed by atoms with van der Waals surface area (Å²) >= 11 is 0. The Morgan fingerprint density at radius 3 is 2.81 bits per heavy atom. The van der Waals surface area contributed by atoms with Gasteiger partial charge in [-0.05, 0) is 25.5 Å². The summed E-state index contributed by atoms with van der Waals surface area (Å²) in [5, 5.41) is 12.4. The fraction of sp³-hybridized carbons (Fsp3) is 0.600. The molecular formula is C15H23N3O3. The molecule has 0 aliphatic carbocycles. The average molecular weight is 293 g/mol. The summed E-state index contributed by atoms with van der Waals surface area (Å²) in [5.74, 6) is -0.288. The zero-order chi connectivity index (χ0) is 15.2. The first-order valence-electron chi connectivity index (χ1n) is 7.39. The summed E-state index contributed by atoms with van der Waals surface area (Å²) in [6, 6.07) is 3.42. The van der Waals surface area contributed by atoms with Crippen LogP contribution in [0.5, 0.6) is 0 Å². The molecular weight excluding hydrogens is 270 g/mol. The quantitative estimate of drug-likeness (QED) is 0.827. The number of hydrogen-bond acceptors (Lipinski definition) is 5. The molecule has 1 unspecified atom stereocenters. The van der Waals surface area contributed by atoms with E-state index in [1.165, 1.54) is 0 Å². The third-order valence-corrected chi connectivity index (χ3v) is 3.52. The lowest BCUT2D eigenvalue weighted by Gasteiger charge is -2.29. The molecule has 0 bridgehead atoms. The number of hydrogen-bond donors (Lipinski definition) is 2. The smallest absolute Gasteiger partial charge is 0.335 e. The van der Waals surface area contributed by atoms with E-state index >= 15 is 0 Å². The minimum absolute atomic E-state index is 0.198. The van der Waals surface area contributed by atoms with Gasteiger partial charge in [-0.1, -0.05) is 6.92 Å². The maximum absolute atomic E-state index is 11.1. The Hall–Kier alpha value is -1.66. The third-order valence-electron chi connectivity index (χ3n) is 3.52. The molecule has 0 aromatic carbocycles. The Kier molecular flexibility index (Phi) is 5.52. The van der Waals surface area contributed by atoms with Crippen LogP contribution in [0.4, 0.5) is 5.82 Å². The SMILES string of the molecule is CCc1cc(C(=O)O)cc(NC(C)CN2CCOCC2)n1. The number of anilines is 1. The molecule has 2 rings (SSSR count). The number of rotatable bonds is 6. The zero-order valence-corrected chi connectivity index (χ0v) is 12.6. The first-order valence-corrected chi connectivity index (χ1v) is 7.39. The van der Waals surface area contributed by atoms with Gasteiger partial charge in [-0.2, -0.15) is 0 Å². The number of aromatic nitrogens is 1. The van der Waals surface area contributed by atoms with E-state index in [0.29, 0.717) is 12.2 Å². The van der Waals surface area contributed by atoms with Crippen LogP contribution in [0.15, 0.2) is 12.1 Å². The van der Waals surface area contributed by atoms with Crippen LogP contribution in [0, 0.1) is 0 Å². The first kappa shape index (κ1) is 15.7. The van der Waals surface area contributed by atoms with Gasteiger partial charge in [0.25, 0.3) is 0 Å². The van der Waals surface area contributed by atoms with E-state index in [9.17, 15) is 4.79 Å². The van der Waals surface area contributed by atoms with Gasteiger partial charge in [0.2, 0.25) is 0 Å². The van der Waals surface area contributed by atoms with Crippen LogP contribution in [0.25, 0.3) is 0 Å². The molecule has 1 aliphatic heterocycles. The molecule has 116 valence electrons. The van der Waals surface area contributed by atoms with Gasteiger partial charge < -0.3 is 15.2 Å². The van der Waals surface area contributed by atoms with E-state index < -0.39 is 5.97 Å². The highest BCUT2D eigenvalue weighted by Gasteiger charge is 2.15. The molecule has 0 radical (unpaired) electrons. The lowest BCUT2D eigenvalue weighted by atomic mass is 10.2. The topological polar surface area (TPSA) is 74.7 Å². The fourth-order valence-corrected chi connectivity index (χ4v) is 2.44. The van der Waals surface area contributed by atoms with Gasteiger partial charge in [0.05, 0.1) is 18.8 Å². The van der Waals surface area contributed by atoms with Crippen molar-refractivity contribution in [3.63, 3.8) is 0 Å². The molecule has 21 heavy (non-hydrogen) atoms. The third kappa shape index (κ3) is 4.68. The summed E-state index contributed by atoms with van der Waals surface area (Å²) in [7, 11) is 0. The van der Waals surface area contributed by atoms with Crippen LogP contribution in [0.1, 0.15) is 29.9 Å². The van der Waals surface area contributed by atoms with Crippen LogP contribution >= 0.6 is 0 Å². The molecule has 0 amide bonds. The number of carboxylic acids is 1. The highest BCUT2D eigenvalue weighted by atomic mass is 16.5. The van der Waals surface area contributed by atoms with Gasteiger partial charge >= 0.3 is 5.97 Å². The largest absolute Gasteiger partial charge is 0.478 e. The molecule has 1 aromatic rings. The predicted molar refractivity (Wildman–Crippen MR) is 80.9 cm³/mol. The van der Waals surface area contributed by atoms with Crippen molar-refractivity contribution in [3.05, 3.63) is 23.4 Å². The standard InChI is InChI=1S/C15H23N3O3/c1-3-13-8-12(15(19)20)9-14(17-13)16-11(2)10-18-4-6-21-7-5-18/h8-9,11H,3-7,10H2,1-2H3,(H,16,17)(H,19,20). The monoisotopic (exact) mass is 293 g/mol. The predicted octanol–water partition coefficient (Wildman–Crippen LogP) is 1.47. The van der Waals surface area contributed by atoms with E-state index in [4.69, 9.17) is 9.84 Å². The summed E-state index contributed by atoms with van der Waals surface area (Å²) in [4.78, 5) is 17.9. The highest BCUT2D eigenvalue weighted by Crippen LogP contribution is 2.13. The molecule has 1 saturated heterocycles. The van der Waals surface area contributed by atoms with Gasteiger partial charge in [0.15, 0.2) is 0 Å². The lowest BCUT2D eigenvalue weighted by Crippen LogP contribution is -2.42. The van der Waals surface area contributed by atoms with Crippen LogP contribution in [-0.4, -0.2) is 59.8 Å². The van der Waals surface area contributed by atoms with E-state index in [1.807, 2.05) is 6.92 Å². The summed E-state index contributed by atoms with van der Waals surface area (Å²) < 4.78 is 5.33. The number of aryl methyl sites for hydroxylation is 1. The van der Waals surface area contributed by atoms with Gasteiger partial charge in [-0.3, -0.25) is 4.90 Å². The van der Waals surface area contributed by atoms with Crippen molar-refractivity contribution >= 4 is 11.8 Å². The number of carbonyl (C=O) groups is 1. The summed E-state index contributed by atoms with van der Waals surface area (Å²) in [6.45, 7) is 8.37. The number of pyridine rings is 1. The Morgan fingerprint density at radius 2 is 2.19 bits per heavy atom. The highest BCUT2D eigenvalue weighted by molar-refractivity contribution is 5.88. The number of ether oxygens (including phenoxy) is 1. The van der Waals surface area contributed by atoms with Gasteiger partial charge in [0.1, 0.15) is 5.82 Å². The summed E-state index contributed by atoms with van der Waals surface area (Å²) in [5.41, 5.74) is 1.07.